The van der Waals surface area contributed by atoms with Gasteiger partial charge in [0.2, 0.25) is 5.78 Å². The number of rotatable bonds is 4. The van der Waals surface area contributed by atoms with Crippen LogP contribution in [0.25, 0.3) is 11.0 Å². The Balaban J connectivity index is 1.62. The molecule has 1 amide bonds. The molecule has 4 rings (SSSR count). The standard InChI is InChI=1S/C22H21NO4/c1-13-5-7-15(8-6-13)20(24)21-14(2)17-10-9-16(12-19(17)27-21)23-22(25)18-4-3-11-26-18/h5-10,12,18H,3-4,11H2,1-2H3,(H,23,25). The van der Waals surface area contributed by atoms with Crippen molar-refractivity contribution in [3.63, 3.8) is 0 Å². The Kier molecular flexibility index (Phi) is 4.54. The minimum absolute atomic E-state index is 0.145. The molecular formula is C22H21NO4. The molecule has 1 aliphatic heterocycles. The Hall–Kier alpha value is -2.92. The molecule has 1 N–H and O–H groups in total. The molecule has 5 nitrogen and oxygen atoms in total. The Morgan fingerprint density at radius 1 is 1.07 bits per heavy atom. The summed E-state index contributed by atoms with van der Waals surface area (Å²) in [6.45, 7) is 4.48. The van der Waals surface area contributed by atoms with Crippen LogP contribution in [0.2, 0.25) is 0 Å². The topological polar surface area (TPSA) is 68.5 Å². The van der Waals surface area contributed by atoms with Crippen LogP contribution in [-0.4, -0.2) is 24.4 Å². The third-order valence-electron chi connectivity index (χ3n) is 4.95. The van der Waals surface area contributed by atoms with E-state index in [2.05, 4.69) is 5.32 Å². The number of furan rings is 1. The lowest BCUT2D eigenvalue weighted by Gasteiger charge is -2.10. The predicted octanol–water partition coefficient (Wildman–Crippen LogP) is 4.40. The van der Waals surface area contributed by atoms with Crippen LogP contribution in [0.3, 0.4) is 0 Å². The number of anilines is 1. The molecule has 0 saturated carbocycles. The van der Waals surface area contributed by atoms with E-state index >= 15 is 0 Å². The first-order chi connectivity index (χ1) is 13.0. The maximum absolute atomic E-state index is 12.8. The highest BCUT2D eigenvalue weighted by molar-refractivity contribution is 6.10. The number of amides is 1. The van der Waals surface area contributed by atoms with E-state index in [0.717, 1.165) is 29.4 Å². The van der Waals surface area contributed by atoms with Gasteiger partial charge in [-0.2, -0.15) is 0 Å². The molecule has 1 aromatic heterocycles. The van der Waals surface area contributed by atoms with E-state index in [1.807, 2.05) is 38.1 Å². The van der Waals surface area contributed by atoms with Crippen LogP contribution >= 0.6 is 0 Å². The number of hydrogen-bond acceptors (Lipinski definition) is 4. The molecule has 0 radical (unpaired) electrons. The summed E-state index contributed by atoms with van der Waals surface area (Å²) in [4.78, 5) is 25.0. The van der Waals surface area contributed by atoms with Crippen LogP contribution in [0.1, 0.15) is 40.1 Å². The number of hydrogen-bond donors (Lipinski definition) is 1. The summed E-state index contributed by atoms with van der Waals surface area (Å²) in [6.07, 6.45) is 1.25. The maximum Gasteiger partial charge on any atom is 0.253 e. The van der Waals surface area contributed by atoms with Crippen LogP contribution in [-0.2, 0) is 9.53 Å². The summed E-state index contributed by atoms with van der Waals surface area (Å²) >= 11 is 0. The zero-order chi connectivity index (χ0) is 19.0. The Bertz CT molecular complexity index is 1010. The summed E-state index contributed by atoms with van der Waals surface area (Å²) in [5.74, 6) is 0.0381. The molecule has 0 spiro atoms. The van der Waals surface area contributed by atoms with Crippen molar-refractivity contribution in [3.8, 4) is 0 Å². The SMILES string of the molecule is Cc1ccc(C(=O)c2oc3cc(NC(=O)C4CCCO4)ccc3c2C)cc1. The van der Waals surface area contributed by atoms with E-state index < -0.39 is 6.10 Å². The first kappa shape index (κ1) is 17.5. The Labute approximate surface area is 157 Å². The van der Waals surface area contributed by atoms with Crippen molar-refractivity contribution in [2.24, 2.45) is 0 Å². The molecule has 2 heterocycles. The van der Waals surface area contributed by atoms with Gasteiger partial charge in [0.1, 0.15) is 11.7 Å². The number of ether oxygens (including phenoxy) is 1. The number of ketones is 1. The molecule has 1 fully saturated rings. The third kappa shape index (κ3) is 3.38. The van der Waals surface area contributed by atoms with Crippen LogP contribution in [0.4, 0.5) is 5.69 Å². The largest absolute Gasteiger partial charge is 0.452 e. The summed E-state index contributed by atoms with van der Waals surface area (Å²) in [5, 5.41) is 3.72. The van der Waals surface area contributed by atoms with Crippen LogP contribution < -0.4 is 5.32 Å². The van der Waals surface area contributed by atoms with Crippen molar-refractivity contribution < 1.29 is 18.7 Å². The van der Waals surface area contributed by atoms with Gasteiger partial charge in [0.25, 0.3) is 5.91 Å². The van der Waals surface area contributed by atoms with Crippen molar-refractivity contribution >= 4 is 28.3 Å². The second-order valence-corrected chi connectivity index (χ2v) is 6.95. The second kappa shape index (κ2) is 7.00. The van der Waals surface area contributed by atoms with E-state index in [1.54, 1.807) is 18.2 Å². The monoisotopic (exact) mass is 363 g/mol. The molecule has 1 saturated heterocycles. The van der Waals surface area contributed by atoms with Crippen molar-refractivity contribution in [1.29, 1.82) is 0 Å². The highest BCUT2D eigenvalue weighted by Gasteiger charge is 2.24. The fraction of sp³-hybridized carbons (Fsp3) is 0.273. The first-order valence-corrected chi connectivity index (χ1v) is 9.10. The molecule has 0 aliphatic carbocycles. The minimum Gasteiger partial charge on any atom is -0.452 e. The molecule has 3 aromatic rings. The van der Waals surface area contributed by atoms with E-state index in [1.165, 1.54) is 0 Å². The van der Waals surface area contributed by atoms with Gasteiger partial charge in [-0.25, -0.2) is 0 Å². The quantitative estimate of drug-likeness (QED) is 0.698. The summed E-state index contributed by atoms with van der Waals surface area (Å²) < 4.78 is 11.3. The van der Waals surface area contributed by atoms with E-state index in [4.69, 9.17) is 9.15 Å². The average molecular weight is 363 g/mol. The summed E-state index contributed by atoms with van der Waals surface area (Å²) in [6, 6.07) is 12.9. The maximum atomic E-state index is 12.8. The van der Waals surface area contributed by atoms with E-state index in [-0.39, 0.29) is 11.7 Å². The molecule has 1 aliphatic rings. The van der Waals surface area contributed by atoms with Gasteiger partial charge in [-0.15, -0.1) is 0 Å². The normalized spacial score (nSPS) is 16.6. The second-order valence-electron chi connectivity index (χ2n) is 6.95. The van der Waals surface area contributed by atoms with Gasteiger partial charge in [-0.05, 0) is 38.8 Å². The zero-order valence-corrected chi connectivity index (χ0v) is 15.4. The molecular weight excluding hydrogens is 342 g/mol. The lowest BCUT2D eigenvalue weighted by molar-refractivity contribution is -0.124. The Morgan fingerprint density at radius 2 is 1.85 bits per heavy atom. The van der Waals surface area contributed by atoms with Crippen LogP contribution in [0, 0.1) is 13.8 Å². The highest BCUT2D eigenvalue weighted by Crippen LogP contribution is 2.29. The van der Waals surface area contributed by atoms with Gasteiger partial charge in [0, 0.05) is 34.9 Å². The van der Waals surface area contributed by atoms with Gasteiger partial charge < -0.3 is 14.5 Å². The fourth-order valence-corrected chi connectivity index (χ4v) is 3.36. The number of fused-ring (bicyclic) bond motifs is 1. The van der Waals surface area contributed by atoms with Crippen molar-refractivity contribution in [3.05, 3.63) is 64.9 Å². The van der Waals surface area contributed by atoms with Gasteiger partial charge >= 0.3 is 0 Å². The first-order valence-electron chi connectivity index (χ1n) is 9.10. The fourth-order valence-electron chi connectivity index (χ4n) is 3.36. The molecule has 5 heteroatoms. The number of carbonyl (C=O) groups is 2. The smallest absolute Gasteiger partial charge is 0.253 e. The van der Waals surface area contributed by atoms with Crippen LogP contribution in [0.5, 0.6) is 0 Å². The van der Waals surface area contributed by atoms with Gasteiger partial charge in [0.05, 0.1) is 0 Å². The minimum atomic E-state index is -0.391. The van der Waals surface area contributed by atoms with E-state index in [9.17, 15) is 9.59 Å². The molecule has 27 heavy (non-hydrogen) atoms. The lowest BCUT2D eigenvalue weighted by atomic mass is 10.0. The lowest BCUT2D eigenvalue weighted by Crippen LogP contribution is -2.26. The number of nitrogens with one attached hydrogen (secondary N) is 1. The van der Waals surface area contributed by atoms with Crippen molar-refractivity contribution in [2.75, 3.05) is 11.9 Å². The number of aryl methyl sites for hydroxylation is 2. The van der Waals surface area contributed by atoms with Crippen molar-refractivity contribution in [1.82, 2.24) is 0 Å². The predicted molar refractivity (Wildman–Crippen MR) is 103 cm³/mol. The summed E-state index contributed by atoms with van der Waals surface area (Å²) in [7, 11) is 0. The van der Waals surface area contributed by atoms with Crippen molar-refractivity contribution in [2.45, 2.75) is 32.8 Å². The Morgan fingerprint density at radius 3 is 2.56 bits per heavy atom. The molecule has 2 aromatic carbocycles. The van der Waals surface area contributed by atoms with Gasteiger partial charge in [-0.3, -0.25) is 9.59 Å². The van der Waals surface area contributed by atoms with Crippen LogP contribution in [0.15, 0.2) is 46.9 Å². The molecule has 138 valence electrons. The highest BCUT2D eigenvalue weighted by atomic mass is 16.5. The average Bonchev–Trinajstić information content (AvgIpc) is 3.30. The third-order valence-corrected chi connectivity index (χ3v) is 4.95. The molecule has 0 bridgehead atoms. The van der Waals surface area contributed by atoms with Gasteiger partial charge in [0.15, 0.2) is 5.76 Å². The molecule has 1 unspecified atom stereocenters. The molecule has 1 atom stereocenters. The van der Waals surface area contributed by atoms with Gasteiger partial charge in [-0.1, -0.05) is 29.8 Å². The zero-order valence-electron chi connectivity index (χ0n) is 15.4. The number of benzene rings is 2. The number of carbonyl (C=O) groups excluding carboxylic acids is 2. The summed E-state index contributed by atoms with van der Waals surface area (Å²) in [5.41, 5.74) is 3.70. The van der Waals surface area contributed by atoms with E-state index in [0.29, 0.717) is 29.2 Å².